The van der Waals surface area contributed by atoms with Crippen molar-refractivity contribution in [3.05, 3.63) is 57.0 Å². The number of benzene rings is 2. The Kier molecular flexibility index (Phi) is 5.64. The highest BCUT2D eigenvalue weighted by atomic mass is 79.9. The van der Waals surface area contributed by atoms with E-state index in [0.29, 0.717) is 12.4 Å². The van der Waals surface area contributed by atoms with E-state index < -0.39 is 5.91 Å². The van der Waals surface area contributed by atoms with E-state index in [0.717, 1.165) is 20.3 Å². The highest BCUT2D eigenvalue weighted by molar-refractivity contribution is 9.11. The molecule has 0 radical (unpaired) electrons. The predicted octanol–water partition coefficient (Wildman–Crippen LogP) is 3.65. The summed E-state index contributed by atoms with van der Waals surface area (Å²) in [6.45, 7) is 0.260. The summed E-state index contributed by atoms with van der Waals surface area (Å²) in [5.41, 5.74) is 5.98. The molecular weight excluding hydrogens is 402 g/mol. The molecule has 110 valence electrons. The summed E-state index contributed by atoms with van der Waals surface area (Å²) in [7, 11) is 0. The second kappa shape index (κ2) is 7.47. The molecule has 0 saturated heterocycles. The zero-order valence-corrected chi connectivity index (χ0v) is 14.2. The monoisotopic (exact) mass is 413 g/mol. The van der Waals surface area contributed by atoms with Gasteiger partial charge < -0.3 is 15.2 Å². The van der Waals surface area contributed by atoms with Crippen LogP contribution in [0.3, 0.4) is 0 Å². The number of primary amides is 1. The molecule has 2 rings (SSSR count). The summed E-state index contributed by atoms with van der Waals surface area (Å²) in [6.07, 6.45) is 0. The van der Waals surface area contributed by atoms with Crippen LogP contribution in [0.1, 0.15) is 5.56 Å². The van der Waals surface area contributed by atoms with Crippen LogP contribution in [0.4, 0.5) is 0 Å². The third-order valence-electron chi connectivity index (χ3n) is 2.57. The molecular formula is C15H13Br2NO3. The third-order valence-corrected chi connectivity index (χ3v) is 3.68. The quantitative estimate of drug-likeness (QED) is 0.784. The number of carbonyl (C=O) groups is 1. The molecule has 4 nitrogen and oxygen atoms in total. The van der Waals surface area contributed by atoms with E-state index in [1.54, 1.807) is 6.07 Å². The summed E-state index contributed by atoms with van der Waals surface area (Å²) in [5, 5.41) is 0. The lowest BCUT2D eigenvalue weighted by molar-refractivity contribution is -0.119. The molecule has 0 aliphatic heterocycles. The average Bonchev–Trinajstić information content (AvgIpc) is 2.45. The fraction of sp³-hybridized carbons (Fsp3) is 0.133. The largest absolute Gasteiger partial charge is 0.488 e. The first kappa shape index (κ1) is 15.9. The average molecular weight is 415 g/mol. The van der Waals surface area contributed by atoms with Gasteiger partial charge in [-0.3, -0.25) is 4.79 Å². The highest BCUT2D eigenvalue weighted by Crippen LogP contribution is 2.29. The van der Waals surface area contributed by atoms with Crippen LogP contribution < -0.4 is 15.2 Å². The van der Waals surface area contributed by atoms with Crippen molar-refractivity contribution in [1.29, 1.82) is 0 Å². The zero-order valence-electron chi connectivity index (χ0n) is 11.0. The van der Waals surface area contributed by atoms with E-state index in [2.05, 4.69) is 31.9 Å². The van der Waals surface area contributed by atoms with Gasteiger partial charge >= 0.3 is 0 Å². The maximum absolute atomic E-state index is 10.7. The normalized spacial score (nSPS) is 10.2. The minimum absolute atomic E-state index is 0.136. The number of nitrogens with two attached hydrogens (primary N) is 1. The van der Waals surface area contributed by atoms with Crippen LogP contribution in [0.25, 0.3) is 0 Å². The van der Waals surface area contributed by atoms with Gasteiger partial charge in [0.15, 0.2) is 6.61 Å². The Labute approximate surface area is 139 Å². The molecule has 0 aromatic heterocycles. The lowest BCUT2D eigenvalue weighted by atomic mass is 10.2. The Morgan fingerprint density at radius 1 is 1.10 bits per heavy atom. The lowest BCUT2D eigenvalue weighted by Gasteiger charge is -2.10. The second-order valence-corrected chi connectivity index (χ2v) is 6.04. The summed E-state index contributed by atoms with van der Waals surface area (Å²) < 4.78 is 12.8. The molecule has 0 unspecified atom stereocenters. The molecule has 0 atom stereocenters. The van der Waals surface area contributed by atoms with E-state index in [-0.39, 0.29) is 6.61 Å². The molecule has 0 fully saturated rings. The summed E-state index contributed by atoms with van der Waals surface area (Å²) in [6, 6.07) is 13.0. The van der Waals surface area contributed by atoms with E-state index in [9.17, 15) is 4.79 Å². The standard InChI is InChI=1S/C15H13Br2NO3/c16-11-4-5-14(13(17)7-11)21-8-10-2-1-3-12(6-10)20-9-15(18)19/h1-7H,8-9H2,(H2,18,19). The van der Waals surface area contributed by atoms with Crippen LogP contribution >= 0.6 is 31.9 Å². The van der Waals surface area contributed by atoms with E-state index >= 15 is 0 Å². The van der Waals surface area contributed by atoms with Crippen LogP contribution in [-0.2, 0) is 11.4 Å². The summed E-state index contributed by atoms with van der Waals surface area (Å²) >= 11 is 6.84. The Balaban J connectivity index is 1.99. The van der Waals surface area contributed by atoms with Crippen LogP contribution in [0.2, 0.25) is 0 Å². The highest BCUT2D eigenvalue weighted by Gasteiger charge is 2.04. The zero-order chi connectivity index (χ0) is 15.2. The van der Waals surface area contributed by atoms with Crippen molar-refractivity contribution in [2.75, 3.05) is 6.61 Å². The smallest absolute Gasteiger partial charge is 0.255 e. The molecule has 0 spiro atoms. The van der Waals surface area contributed by atoms with Gasteiger partial charge in [0.1, 0.15) is 18.1 Å². The van der Waals surface area contributed by atoms with Crippen LogP contribution in [-0.4, -0.2) is 12.5 Å². The molecule has 0 aliphatic carbocycles. The van der Waals surface area contributed by atoms with Gasteiger partial charge in [0.05, 0.1) is 4.47 Å². The molecule has 21 heavy (non-hydrogen) atoms. The maximum atomic E-state index is 10.7. The number of rotatable bonds is 6. The molecule has 0 aliphatic rings. The molecule has 0 saturated carbocycles. The Hall–Kier alpha value is -1.53. The van der Waals surface area contributed by atoms with Gasteiger partial charge in [0.2, 0.25) is 0 Å². The first-order valence-electron chi connectivity index (χ1n) is 6.12. The van der Waals surface area contributed by atoms with Crippen molar-refractivity contribution in [1.82, 2.24) is 0 Å². The van der Waals surface area contributed by atoms with Gasteiger partial charge in [-0.2, -0.15) is 0 Å². The van der Waals surface area contributed by atoms with Crippen LogP contribution in [0.15, 0.2) is 51.4 Å². The number of amides is 1. The third kappa shape index (κ3) is 5.06. The molecule has 2 aromatic rings. The van der Waals surface area contributed by atoms with Crippen molar-refractivity contribution in [3.8, 4) is 11.5 Å². The molecule has 6 heteroatoms. The van der Waals surface area contributed by atoms with Crippen molar-refractivity contribution >= 4 is 37.8 Å². The molecule has 1 amide bonds. The van der Waals surface area contributed by atoms with E-state index in [1.807, 2.05) is 36.4 Å². The lowest BCUT2D eigenvalue weighted by Crippen LogP contribution is -2.20. The Morgan fingerprint density at radius 2 is 1.90 bits per heavy atom. The second-order valence-electron chi connectivity index (χ2n) is 4.27. The molecule has 2 N–H and O–H groups in total. The van der Waals surface area contributed by atoms with E-state index in [4.69, 9.17) is 15.2 Å². The van der Waals surface area contributed by atoms with Crippen LogP contribution in [0.5, 0.6) is 11.5 Å². The number of hydrogen-bond acceptors (Lipinski definition) is 3. The van der Waals surface area contributed by atoms with E-state index in [1.165, 1.54) is 0 Å². The molecule has 0 heterocycles. The summed E-state index contributed by atoms with van der Waals surface area (Å²) in [5.74, 6) is 0.835. The predicted molar refractivity (Wildman–Crippen MR) is 87.3 cm³/mol. The van der Waals surface area contributed by atoms with Gasteiger partial charge in [-0.05, 0) is 51.8 Å². The number of halogens is 2. The summed E-state index contributed by atoms with van der Waals surface area (Å²) in [4.78, 5) is 10.7. The minimum Gasteiger partial charge on any atom is -0.488 e. The van der Waals surface area contributed by atoms with Crippen molar-refractivity contribution < 1.29 is 14.3 Å². The van der Waals surface area contributed by atoms with Gasteiger partial charge in [0.25, 0.3) is 5.91 Å². The van der Waals surface area contributed by atoms with Crippen molar-refractivity contribution in [3.63, 3.8) is 0 Å². The van der Waals surface area contributed by atoms with Crippen LogP contribution in [0, 0.1) is 0 Å². The first-order valence-corrected chi connectivity index (χ1v) is 7.71. The van der Waals surface area contributed by atoms with Crippen molar-refractivity contribution in [2.24, 2.45) is 5.73 Å². The number of ether oxygens (including phenoxy) is 2. The first-order chi connectivity index (χ1) is 10.0. The Morgan fingerprint density at radius 3 is 2.62 bits per heavy atom. The maximum Gasteiger partial charge on any atom is 0.255 e. The number of hydrogen-bond donors (Lipinski definition) is 1. The van der Waals surface area contributed by atoms with Gasteiger partial charge in [-0.25, -0.2) is 0 Å². The Bertz CT molecular complexity index is 647. The SMILES string of the molecule is NC(=O)COc1cccc(COc2ccc(Br)cc2Br)c1. The van der Waals surface area contributed by atoms with Gasteiger partial charge in [-0.15, -0.1) is 0 Å². The van der Waals surface area contributed by atoms with Gasteiger partial charge in [0, 0.05) is 4.47 Å². The number of carbonyl (C=O) groups excluding carboxylic acids is 1. The fourth-order valence-corrected chi connectivity index (χ4v) is 2.79. The van der Waals surface area contributed by atoms with Crippen molar-refractivity contribution in [2.45, 2.75) is 6.61 Å². The fourth-order valence-electron chi connectivity index (χ4n) is 1.63. The minimum atomic E-state index is -0.504. The topological polar surface area (TPSA) is 61.6 Å². The van der Waals surface area contributed by atoms with Gasteiger partial charge in [-0.1, -0.05) is 28.1 Å². The molecule has 2 aromatic carbocycles. The molecule has 0 bridgehead atoms.